The first kappa shape index (κ1) is 15.3. The van der Waals surface area contributed by atoms with Crippen molar-refractivity contribution in [1.82, 2.24) is 14.1 Å². The zero-order valence-electron chi connectivity index (χ0n) is 12.6. The summed E-state index contributed by atoms with van der Waals surface area (Å²) in [6.45, 7) is 2.42. The van der Waals surface area contributed by atoms with Gasteiger partial charge in [-0.3, -0.25) is 13.9 Å². The average Bonchev–Trinajstić information content (AvgIpc) is 2.91. The van der Waals surface area contributed by atoms with E-state index in [-0.39, 0.29) is 11.4 Å². The molecule has 7 nitrogen and oxygen atoms in total. The van der Waals surface area contributed by atoms with Crippen molar-refractivity contribution in [2.75, 3.05) is 24.7 Å². The van der Waals surface area contributed by atoms with Crippen molar-refractivity contribution in [2.45, 2.75) is 19.9 Å². The number of hydrogen-bond donors (Lipinski definition) is 1. The van der Waals surface area contributed by atoms with Crippen LogP contribution in [0, 0.1) is 0 Å². The lowest BCUT2D eigenvalue weighted by Gasteiger charge is -2.13. The maximum Gasteiger partial charge on any atom is 0.332 e. The van der Waals surface area contributed by atoms with Gasteiger partial charge < -0.3 is 10.6 Å². The lowest BCUT2D eigenvalue weighted by Crippen LogP contribution is -2.40. The van der Waals surface area contributed by atoms with Crippen molar-refractivity contribution in [3.8, 4) is 11.3 Å². The minimum atomic E-state index is -0.416. The minimum absolute atomic E-state index is 0.181. The van der Waals surface area contributed by atoms with Gasteiger partial charge in [-0.15, -0.1) is 11.3 Å². The van der Waals surface area contributed by atoms with Crippen molar-refractivity contribution in [3.63, 3.8) is 0 Å². The maximum atomic E-state index is 12.4. The van der Waals surface area contributed by atoms with Crippen LogP contribution in [0.2, 0.25) is 0 Å². The van der Waals surface area contributed by atoms with Crippen LogP contribution in [0.25, 0.3) is 11.3 Å². The smallest absolute Gasteiger partial charge is 0.332 e. The fourth-order valence-corrected chi connectivity index (χ4v) is 2.80. The van der Waals surface area contributed by atoms with Gasteiger partial charge in [-0.2, -0.15) is 0 Å². The summed E-state index contributed by atoms with van der Waals surface area (Å²) in [5, 5.41) is 2.56. The third-order valence-electron chi connectivity index (χ3n) is 3.16. The molecule has 0 saturated carbocycles. The highest BCUT2D eigenvalue weighted by atomic mass is 32.1. The number of anilines is 2. The van der Waals surface area contributed by atoms with Crippen molar-refractivity contribution < 1.29 is 0 Å². The van der Waals surface area contributed by atoms with Gasteiger partial charge in [-0.05, 0) is 6.42 Å². The van der Waals surface area contributed by atoms with E-state index < -0.39 is 11.2 Å². The lowest BCUT2D eigenvalue weighted by molar-refractivity contribution is 0.600. The van der Waals surface area contributed by atoms with Crippen LogP contribution in [-0.2, 0) is 13.6 Å². The zero-order valence-corrected chi connectivity index (χ0v) is 13.4. The molecular formula is C13H19N5O2S. The summed E-state index contributed by atoms with van der Waals surface area (Å²) >= 11 is 1.42. The molecule has 0 radical (unpaired) electrons. The van der Waals surface area contributed by atoms with Crippen LogP contribution >= 0.6 is 11.3 Å². The normalized spacial score (nSPS) is 10.9. The second kappa shape index (κ2) is 5.72. The van der Waals surface area contributed by atoms with Gasteiger partial charge in [0, 0.05) is 33.1 Å². The van der Waals surface area contributed by atoms with E-state index in [2.05, 4.69) is 4.98 Å². The van der Waals surface area contributed by atoms with Crippen molar-refractivity contribution in [2.24, 2.45) is 7.05 Å². The van der Waals surface area contributed by atoms with E-state index >= 15 is 0 Å². The molecule has 2 aromatic heterocycles. The Balaban J connectivity index is 2.73. The summed E-state index contributed by atoms with van der Waals surface area (Å²) in [6, 6.07) is 0. The number of nitrogen functional groups attached to an aromatic ring is 1. The number of thiazole rings is 1. The molecule has 0 spiro atoms. The van der Waals surface area contributed by atoms with Gasteiger partial charge in [-0.1, -0.05) is 6.92 Å². The molecule has 114 valence electrons. The number of nitrogens with two attached hydrogens (primary N) is 1. The highest BCUT2D eigenvalue weighted by molar-refractivity contribution is 7.14. The van der Waals surface area contributed by atoms with Gasteiger partial charge >= 0.3 is 5.69 Å². The molecule has 2 N–H and O–H groups in total. The summed E-state index contributed by atoms with van der Waals surface area (Å²) in [4.78, 5) is 30.8. The highest BCUT2D eigenvalue weighted by Crippen LogP contribution is 2.27. The van der Waals surface area contributed by atoms with E-state index in [1.54, 1.807) is 5.38 Å². The van der Waals surface area contributed by atoms with E-state index in [4.69, 9.17) is 5.73 Å². The molecule has 0 aliphatic rings. The summed E-state index contributed by atoms with van der Waals surface area (Å²) in [6.07, 6.45) is 0.752. The Morgan fingerprint density at radius 3 is 2.57 bits per heavy atom. The third kappa shape index (κ3) is 2.58. The van der Waals surface area contributed by atoms with Gasteiger partial charge in [0.1, 0.15) is 11.4 Å². The summed E-state index contributed by atoms with van der Waals surface area (Å²) in [5.41, 5.74) is 6.04. The molecule has 2 aromatic rings. The zero-order chi connectivity index (χ0) is 15.7. The standard InChI is InChI=1S/C13H19N5O2S/c1-5-6-18-10(14)9(11(19)17(4)13(18)20)8-7-21-12(15-8)16(2)3/h7H,5-6,14H2,1-4H3. The molecule has 0 unspecified atom stereocenters. The predicted molar refractivity (Wildman–Crippen MR) is 86.1 cm³/mol. The summed E-state index contributed by atoms with van der Waals surface area (Å²) in [7, 11) is 5.21. The Hall–Kier alpha value is -2.09. The second-order valence-corrected chi connectivity index (χ2v) is 5.80. The Morgan fingerprint density at radius 1 is 1.38 bits per heavy atom. The molecule has 0 saturated heterocycles. The molecule has 0 aliphatic heterocycles. The quantitative estimate of drug-likeness (QED) is 0.900. The van der Waals surface area contributed by atoms with Crippen LogP contribution in [0.4, 0.5) is 10.9 Å². The van der Waals surface area contributed by atoms with Crippen molar-refractivity contribution in [1.29, 1.82) is 0 Å². The van der Waals surface area contributed by atoms with E-state index in [9.17, 15) is 9.59 Å². The van der Waals surface area contributed by atoms with Crippen LogP contribution in [0.15, 0.2) is 15.0 Å². The van der Waals surface area contributed by atoms with Crippen LogP contribution in [0.1, 0.15) is 13.3 Å². The average molecular weight is 309 g/mol. The van der Waals surface area contributed by atoms with E-state index in [0.29, 0.717) is 12.2 Å². The van der Waals surface area contributed by atoms with E-state index in [1.165, 1.54) is 23.0 Å². The van der Waals surface area contributed by atoms with E-state index in [0.717, 1.165) is 16.1 Å². The number of rotatable bonds is 4. The molecule has 2 heterocycles. The van der Waals surface area contributed by atoms with Crippen molar-refractivity contribution in [3.05, 3.63) is 26.2 Å². The van der Waals surface area contributed by atoms with Gasteiger partial charge in [0.15, 0.2) is 5.13 Å². The lowest BCUT2D eigenvalue weighted by atomic mass is 10.2. The SMILES string of the molecule is CCCn1c(N)c(-c2csc(N(C)C)n2)c(=O)n(C)c1=O. The molecule has 0 bridgehead atoms. The number of aromatic nitrogens is 3. The van der Waals surface area contributed by atoms with Crippen LogP contribution < -0.4 is 21.9 Å². The maximum absolute atomic E-state index is 12.4. The summed E-state index contributed by atoms with van der Waals surface area (Å²) in [5.74, 6) is 0.181. The molecule has 0 fully saturated rings. The third-order valence-corrected chi connectivity index (χ3v) is 4.17. The predicted octanol–water partition coefficient (Wildman–Crippen LogP) is 0.729. The largest absolute Gasteiger partial charge is 0.384 e. The topological polar surface area (TPSA) is 86.2 Å². The molecule has 0 amide bonds. The first-order chi connectivity index (χ1) is 9.88. The van der Waals surface area contributed by atoms with Crippen LogP contribution in [0.3, 0.4) is 0 Å². The number of hydrogen-bond acceptors (Lipinski definition) is 6. The van der Waals surface area contributed by atoms with Gasteiger partial charge in [0.05, 0.1) is 5.69 Å². The minimum Gasteiger partial charge on any atom is -0.384 e. The monoisotopic (exact) mass is 309 g/mol. The van der Waals surface area contributed by atoms with Gasteiger partial charge in [0.2, 0.25) is 0 Å². The fraction of sp³-hybridized carbons (Fsp3) is 0.462. The van der Waals surface area contributed by atoms with Crippen LogP contribution in [-0.4, -0.2) is 28.2 Å². The molecular weight excluding hydrogens is 290 g/mol. The molecule has 21 heavy (non-hydrogen) atoms. The Kier molecular flexibility index (Phi) is 4.17. The molecule has 0 atom stereocenters. The van der Waals surface area contributed by atoms with Gasteiger partial charge in [-0.25, -0.2) is 9.78 Å². The van der Waals surface area contributed by atoms with E-state index in [1.807, 2.05) is 25.9 Å². The van der Waals surface area contributed by atoms with Crippen molar-refractivity contribution >= 4 is 22.3 Å². The first-order valence-corrected chi connectivity index (χ1v) is 7.49. The molecule has 0 aromatic carbocycles. The summed E-state index contributed by atoms with van der Waals surface area (Å²) < 4.78 is 2.50. The van der Waals surface area contributed by atoms with Crippen LogP contribution in [0.5, 0.6) is 0 Å². The fourth-order valence-electron chi connectivity index (χ4n) is 2.05. The second-order valence-electron chi connectivity index (χ2n) is 4.97. The highest BCUT2D eigenvalue weighted by Gasteiger charge is 2.19. The first-order valence-electron chi connectivity index (χ1n) is 6.61. The molecule has 8 heteroatoms. The Morgan fingerprint density at radius 2 is 2.05 bits per heavy atom. The molecule has 0 aliphatic carbocycles. The van der Waals surface area contributed by atoms with Gasteiger partial charge in [0.25, 0.3) is 5.56 Å². The molecule has 2 rings (SSSR count). The number of nitrogens with zero attached hydrogens (tertiary/aromatic N) is 4. The Bertz CT molecular complexity index is 772. The Labute approximate surface area is 126 Å².